The highest BCUT2D eigenvalue weighted by molar-refractivity contribution is 5.66. The molecule has 4 rings (SSSR count). The van der Waals surface area contributed by atoms with E-state index in [-0.39, 0.29) is 23.6 Å². The number of hydrogen-bond donors (Lipinski definition) is 1. The summed E-state index contributed by atoms with van der Waals surface area (Å²) in [6.07, 6.45) is 9.35. The Labute approximate surface area is 165 Å². The molecule has 0 aromatic rings. The molecule has 0 aliphatic heterocycles. The summed E-state index contributed by atoms with van der Waals surface area (Å²) >= 11 is 0. The van der Waals surface area contributed by atoms with Crippen LogP contribution in [0.25, 0.3) is 0 Å². The largest absolute Gasteiger partial charge is 0.462 e. The molecule has 0 aromatic heterocycles. The standard InChI is InChI=1S/C24H40O3/c1-6-16-12-21(27-15(3)25)23(4)10-9-20-19(22(16)23)8-7-17-13-18(26)11-14(2)24(17,20)5/h14,16-22,26H,6-13H2,1-5H3/t14-,16-,17-,18+,19+,20-,21-,22-,23+,24-/m0/s1. The van der Waals surface area contributed by atoms with Gasteiger partial charge in [0.2, 0.25) is 0 Å². The third kappa shape index (κ3) is 2.81. The van der Waals surface area contributed by atoms with Crippen LogP contribution in [0.4, 0.5) is 0 Å². The quantitative estimate of drug-likeness (QED) is 0.674. The van der Waals surface area contributed by atoms with Gasteiger partial charge in [0.1, 0.15) is 6.10 Å². The summed E-state index contributed by atoms with van der Waals surface area (Å²) in [7, 11) is 0. The lowest BCUT2D eigenvalue weighted by Gasteiger charge is -2.63. The molecule has 27 heavy (non-hydrogen) atoms. The summed E-state index contributed by atoms with van der Waals surface area (Å²) in [6.45, 7) is 11.3. The number of fused-ring (bicyclic) bond motifs is 5. The first kappa shape index (κ1) is 19.7. The molecule has 0 bridgehead atoms. The molecule has 1 N–H and O–H groups in total. The molecular formula is C24H40O3. The van der Waals surface area contributed by atoms with Crippen molar-refractivity contribution in [2.75, 3.05) is 0 Å². The minimum atomic E-state index is -0.107. The molecule has 0 radical (unpaired) electrons. The van der Waals surface area contributed by atoms with Crippen molar-refractivity contribution in [3.63, 3.8) is 0 Å². The van der Waals surface area contributed by atoms with Crippen molar-refractivity contribution in [2.24, 2.45) is 46.3 Å². The van der Waals surface area contributed by atoms with Crippen molar-refractivity contribution >= 4 is 5.97 Å². The first-order chi connectivity index (χ1) is 12.7. The van der Waals surface area contributed by atoms with E-state index in [1.165, 1.54) is 32.1 Å². The molecule has 3 heteroatoms. The van der Waals surface area contributed by atoms with Gasteiger partial charge in [0.05, 0.1) is 6.10 Å². The molecule has 0 unspecified atom stereocenters. The smallest absolute Gasteiger partial charge is 0.302 e. The molecule has 0 spiro atoms. The van der Waals surface area contributed by atoms with E-state index < -0.39 is 0 Å². The third-order valence-corrected chi connectivity index (χ3v) is 10.1. The third-order valence-electron chi connectivity index (χ3n) is 10.1. The molecule has 10 atom stereocenters. The van der Waals surface area contributed by atoms with E-state index in [1.807, 2.05) is 0 Å². The topological polar surface area (TPSA) is 46.5 Å². The Hall–Kier alpha value is -0.570. The number of carbonyl (C=O) groups is 1. The van der Waals surface area contributed by atoms with Crippen LogP contribution in [-0.4, -0.2) is 23.3 Å². The van der Waals surface area contributed by atoms with Gasteiger partial charge in [-0.05, 0) is 85.9 Å². The second-order valence-corrected chi connectivity index (χ2v) is 11.0. The van der Waals surface area contributed by atoms with Crippen molar-refractivity contribution in [1.82, 2.24) is 0 Å². The fourth-order valence-corrected chi connectivity index (χ4v) is 8.73. The molecule has 0 saturated heterocycles. The van der Waals surface area contributed by atoms with Crippen molar-refractivity contribution < 1.29 is 14.6 Å². The van der Waals surface area contributed by atoms with Crippen molar-refractivity contribution in [2.45, 2.75) is 98.2 Å². The summed E-state index contributed by atoms with van der Waals surface area (Å²) in [5.74, 6) is 4.13. The van der Waals surface area contributed by atoms with Crippen LogP contribution in [0.15, 0.2) is 0 Å². The molecule has 4 saturated carbocycles. The summed E-state index contributed by atoms with van der Waals surface area (Å²) < 4.78 is 5.89. The van der Waals surface area contributed by atoms with Crippen LogP contribution in [-0.2, 0) is 9.53 Å². The Kier molecular flexibility index (Phi) is 4.93. The zero-order chi connectivity index (χ0) is 19.6. The van der Waals surface area contributed by atoms with Crippen LogP contribution >= 0.6 is 0 Å². The molecule has 0 amide bonds. The first-order valence-corrected chi connectivity index (χ1v) is 11.6. The maximum Gasteiger partial charge on any atom is 0.302 e. The maximum atomic E-state index is 11.8. The number of aliphatic hydroxyl groups excluding tert-OH is 1. The van der Waals surface area contributed by atoms with Gasteiger partial charge in [-0.15, -0.1) is 0 Å². The Bertz CT molecular complexity index is 588. The molecule has 4 fully saturated rings. The summed E-state index contributed by atoms with van der Waals surface area (Å²) in [5, 5.41) is 10.4. The van der Waals surface area contributed by atoms with Crippen LogP contribution in [0.2, 0.25) is 0 Å². The fraction of sp³-hybridized carbons (Fsp3) is 0.958. The average molecular weight is 377 g/mol. The summed E-state index contributed by atoms with van der Waals surface area (Å²) in [6, 6.07) is 0. The lowest BCUT2D eigenvalue weighted by molar-refractivity contribution is -0.172. The Balaban J connectivity index is 1.66. The summed E-state index contributed by atoms with van der Waals surface area (Å²) in [4.78, 5) is 11.8. The van der Waals surface area contributed by atoms with E-state index in [2.05, 4.69) is 27.7 Å². The van der Waals surface area contributed by atoms with Gasteiger partial charge >= 0.3 is 5.97 Å². The van der Waals surface area contributed by atoms with Gasteiger partial charge in [0, 0.05) is 12.3 Å². The van der Waals surface area contributed by atoms with Crippen LogP contribution in [0.5, 0.6) is 0 Å². The Morgan fingerprint density at radius 2 is 1.89 bits per heavy atom. The van der Waals surface area contributed by atoms with Gasteiger partial charge in [-0.1, -0.05) is 34.1 Å². The number of carbonyl (C=O) groups excluding carboxylic acids is 1. The SMILES string of the molecule is CC[C@H]1C[C@H](OC(C)=O)[C@@]2(C)CC[C@H]3[C@@H](CC[C@H]4C[C@H](O)C[C@H](C)[C@@]43C)[C@H]12. The normalized spacial score (nSPS) is 54.6. The molecule has 3 nitrogen and oxygen atoms in total. The predicted octanol–water partition coefficient (Wildman–Crippen LogP) is 5.20. The Morgan fingerprint density at radius 1 is 1.15 bits per heavy atom. The van der Waals surface area contributed by atoms with E-state index in [0.29, 0.717) is 29.1 Å². The highest BCUT2D eigenvalue weighted by Crippen LogP contribution is 2.69. The van der Waals surface area contributed by atoms with E-state index in [1.54, 1.807) is 6.92 Å². The van der Waals surface area contributed by atoms with E-state index in [4.69, 9.17) is 4.74 Å². The number of esters is 1. The number of aliphatic hydroxyl groups is 1. The number of ether oxygens (including phenoxy) is 1. The molecular weight excluding hydrogens is 336 g/mol. The van der Waals surface area contributed by atoms with Crippen molar-refractivity contribution in [3.05, 3.63) is 0 Å². The monoisotopic (exact) mass is 376 g/mol. The van der Waals surface area contributed by atoms with E-state index in [0.717, 1.165) is 31.1 Å². The van der Waals surface area contributed by atoms with Gasteiger partial charge in [-0.2, -0.15) is 0 Å². The van der Waals surface area contributed by atoms with Gasteiger partial charge in [0.25, 0.3) is 0 Å². The minimum absolute atomic E-state index is 0.0910. The van der Waals surface area contributed by atoms with Gasteiger partial charge in [0.15, 0.2) is 0 Å². The predicted molar refractivity (Wildman–Crippen MR) is 107 cm³/mol. The van der Waals surface area contributed by atoms with Crippen LogP contribution in [0.3, 0.4) is 0 Å². The number of rotatable bonds is 2. The summed E-state index contributed by atoms with van der Waals surface area (Å²) in [5.41, 5.74) is 0.537. The fourth-order valence-electron chi connectivity index (χ4n) is 8.73. The van der Waals surface area contributed by atoms with Crippen LogP contribution < -0.4 is 0 Å². The van der Waals surface area contributed by atoms with Crippen LogP contribution in [0.1, 0.15) is 86.0 Å². The molecule has 154 valence electrons. The van der Waals surface area contributed by atoms with Crippen molar-refractivity contribution in [1.29, 1.82) is 0 Å². The van der Waals surface area contributed by atoms with E-state index in [9.17, 15) is 9.90 Å². The number of hydrogen-bond acceptors (Lipinski definition) is 3. The molecule has 4 aliphatic rings. The molecule has 0 aromatic carbocycles. The van der Waals surface area contributed by atoms with Crippen molar-refractivity contribution in [3.8, 4) is 0 Å². The maximum absolute atomic E-state index is 11.8. The van der Waals surface area contributed by atoms with E-state index >= 15 is 0 Å². The first-order valence-electron chi connectivity index (χ1n) is 11.6. The van der Waals surface area contributed by atoms with Gasteiger partial charge in [-0.25, -0.2) is 0 Å². The van der Waals surface area contributed by atoms with Gasteiger partial charge < -0.3 is 9.84 Å². The second kappa shape index (κ2) is 6.75. The molecule has 0 heterocycles. The zero-order valence-electron chi connectivity index (χ0n) is 18.0. The van der Waals surface area contributed by atoms with Gasteiger partial charge in [-0.3, -0.25) is 4.79 Å². The lowest BCUT2D eigenvalue weighted by Crippen LogP contribution is -2.57. The van der Waals surface area contributed by atoms with Crippen LogP contribution in [0, 0.1) is 46.3 Å². The second-order valence-electron chi connectivity index (χ2n) is 11.0. The average Bonchev–Trinajstić information content (AvgIpc) is 2.88. The zero-order valence-corrected chi connectivity index (χ0v) is 18.0. The minimum Gasteiger partial charge on any atom is -0.462 e. The highest BCUT2D eigenvalue weighted by atomic mass is 16.5. The molecule has 4 aliphatic carbocycles. The lowest BCUT2D eigenvalue weighted by atomic mass is 9.42. The Morgan fingerprint density at radius 3 is 2.56 bits per heavy atom. The highest BCUT2D eigenvalue weighted by Gasteiger charge is 2.64.